The number of imidazole rings is 1. The minimum absolute atomic E-state index is 0.0241. The number of rotatable bonds is 4. The second kappa shape index (κ2) is 7.36. The van der Waals surface area contributed by atoms with Gasteiger partial charge in [-0.25, -0.2) is 4.98 Å². The van der Waals surface area contributed by atoms with E-state index in [1.165, 1.54) is 7.11 Å². The van der Waals surface area contributed by atoms with Crippen molar-refractivity contribution < 1.29 is 14.3 Å². The minimum atomic E-state index is -0.140. The van der Waals surface area contributed by atoms with Gasteiger partial charge in [0.1, 0.15) is 5.82 Å². The van der Waals surface area contributed by atoms with Gasteiger partial charge in [-0.05, 0) is 45.4 Å². The Labute approximate surface area is 143 Å². The van der Waals surface area contributed by atoms with Crippen LogP contribution in [0.25, 0.3) is 0 Å². The molecule has 2 aliphatic rings. The maximum Gasteiger partial charge on any atom is 0.308 e. The van der Waals surface area contributed by atoms with Crippen molar-refractivity contribution in [2.45, 2.75) is 57.9 Å². The Hall–Kier alpha value is -1.85. The van der Waals surface area contributed by atoms with Crippen LogP contribution < -0.4 is 5.32 Å². The topological polar surface area (TPSA) is 73.2 Å². The molecule has 0 spiro atoms. The fraction of sp³-hybridized carbons (Fsp3) is 0.722. The largest absolute Gasteiger partial charge is 0.469 e. The van der Waals surface area contributed by atoms with E-state index in [1.807, 2.05) is 6.92 Å². The summed E-state index contributed by atoms with van der Waals surface area (Å²) in [7, 11) is 1.43. The van der Waals surface area contributed by atoms with Gasteiger partial charge in [-0.1, -0.05) is 0 Å². The van der Waals surface area contributed by atoms with Crippen molar-refractivity contribution in [3.8, 4) is 0 Å². The lowest BCUT2D eigenvalue weighted by Gasteiger charge is -2.28. The molecule has 1 amide bonds. The highest BCUT2D eigenvalue weighted by Crippen LogP contribution is 2.30. The van der Waals surface area contributed by atoms with Crippen LogP contribution in [0.2, 0.25) is 0 Å². The van der Waals surface area contributed by atoms with Gasteiger partial charge in [0, 0.05) is 31.1 Å². The van der Waals surface area contributed by atoms with E-state index in [9.17, 15) is 9.59 Å². The Morgan fingerprint density at radius 3 is 2.67 bits per heavy atom. The zero-order chi connectivity index (χ0) is 17.1. The van der Waals surface area contributed by atoms with Crippen LogP contribution in [0.3, 0.4) is 0 Å². The summed E-state index contributed by atoms with van der Waals surface area (Å²) >= 11 is 0. The summed E-state index contributed by atoms with van der Waals surface area (Å²) in [6.45, 7) is 3.70. The van der Waals surface area contributed by atoms with Crippen molar-refractivity contribution in [2.75, 3.05) is 13.7 Å². The highest BCUT2D eigenvalue weighted by Gasteiger charge is 2.31. The first-order valence-electron chi connectivity index (χ1n) is 8.97. The van der Waals surface area contributed by atoms with Gasteiger partial charge in [0.15, 0.2) is 0 Å². The van der Waals surface area contributed by atoms with Crippen molar-refractivity contribution in [3.05, 3.63) is 17.7 Å². The SMILES string of the molecule is COC(=O)C1CCC(C(=O)NC[C@@H]2CCCn3cc(C)nc32)CC1. The number of aryl methyl sites for hydroxylation is 2. The number of aromatic nitrogens is 2. The molecule has 1 saturated carbocycles. The predicted molar refractivity (Wildman–Crippen MR) is 89.4 cm³/mol. The van der Waals surface area contributed by atoms with Crippen molar-refractivity contribution in [1.29, 1.82) is 0 Å². The van der Waals surface area contributed by atoms with Gasteiger partial charge in [-0.2, -0.15) is 0 Å². The van der Waals surface area contributed by atoms with Gasteiger partial charge < -0.3 is 14.6 Å². The molecule has 1 aromatic heterocycles. The molecule has 3 rings (SSSR count). The van der Waals surface area contributed by atoms with E-state index in [0.717, 1.165) is 56.6 Å². The van der Waals surface area contributed by atoms with E-state index < -0.39 is 0 Å². The summed E-state index contributed by atoms with van der Waals surface area (Å²) in [5.74, 6) is 1.39. The highest BCUT2D eigenvalue weighted by molar-refractivity contribution is 5.79. The number of nitrogens with zero attached hydrogens (tertiary/aromatic N) is 2. The van der Waals surface area contributed by atoms with E-state index in [0.29, 0.717) is 12.5 Å². The van der Waals surface area contributed by atoms with Crippen LogP contribution >= 0.6 is 0 Å². The summed E-state index contributed by atoms with van der Waals surface area (Å²) in [6.07, 6.45) is 7.33. The summed E-state index contributed by atoms with van der Waals surface area (Å²) in [5, 5.41) is 3.12. The van der Waals surface area contributed by atoms with Gasteiger partial charge in [0.2, 0.25) is 5.91 Å². The smallest absolute Gasteiger partial charge is 0.308 e. The van der Waals surface area contributed by atoms with Crippen LogP contribution in [0.15, 0.2) is 6.20 Å². The first kappa shape index (κ1) is 17.0. The maximum absolute atomic E-state index is 12.4. The number of ether oxygens (including phenoxy) is 1. The maximum atomic E-state index is 12.4. The lowest BCUT2D eigenvalue weighted by atomic mass is 9.81. The van der Waals surface area contributed by atoms with Crippen LogP contribution in [0.5, 0.6) is 0 Å². The summed E-state index contributed by atoms with van der Waals surface area (Å²) in [6, 6.07) is 0. The molecule has 6 heteroatoms. The van der Waals surface area contributed by atoms with Gasteiger partial charge in [0.05, 0.1) is 18.7 Å². The second-order valence-corrected chi connectivity index (χ2v) is 7.09. The van der Waals surface area contributed by atoms with E-state index in [2.05, 4.69) is 21.1 Å². The fourth-order valence-electron chi connectivity index (χ4n) is 4.03. The normalized spacial score (nSPS) is 26.5. The van der Waals surface area contributed by atoms with Gasteiger partial charge >= 0.3 is 5.97 Å². The number of nitrogens with one attached hydrogen (secondary N) is 1. The van der Waals surface area contributed by atoms with Crippen molar-refractivity contribution in [1.82, 2.24) is 14.9 Å². The number of carbonyl (C=O) groups is 2. The molecule has 0 bridgehead atoms. The zero-order valence-corrected chi connectivity index (χ0v) is 14.6. The quantitative estimate of drug-likeness (QED) is 0.857. The first-order chi connectivity index (χ1) is 11.6. The third kappa shape index (κ3) is 3.62. The molecule has 132 valence electrons. The second-order valence-electron chi connectivity index (χ2n) is 7.09. The van der Waals surface area contributed by atoms with Crippen LogP contribution in [0.1, 0.15) is 56.0 Å². The number of carbonyl (C=O) groups excluding carboxylic acids is 2. The van der Waals surface area contributed by atoms with Crippen LogP contribution in [-0.4, -0.2) is 35.1 Å². The molecule has 1 aliphatic heterocycles. The van der Waals surface area contributed by atoms with E-state index in [-0.39, 0.29) is 23.7 Å². The van der Waals surface area contributed by atoms with E-state index in [4.69, 9.17) is 4.74 Å². The summed E-state index contributed by atoms with van der Waals surface area (Å²) in [5.41, 5.74) is 1.05. The highest BCUT2D eigenvalue weighted by atomic mass is 16.5. The van der Waals surface area contributed by atoms with Gasteiger partial charge in [0.25, 0.3) is 0 Å². The van der Waals surface area contributed by atoms with Crippen LogP contribution in [0, 0.1) is 18.8 Å². The van der Waals surface area contributed by atoms with Crippen molar-refractivity contribution in [2.24, 2.45) is 11.8 Å². The third-order valence-corrected chi connectivity index (χ3v) is 5.40. The van der Waals surface area contributed by atoms with Crippen LogP contribution in [-0.2, 0) is 20.9 Å². The number of hydrogen-bond donors (Lipinski definition) is 1. The van der Waals surface area contributed by atoms with E-state index in [1.54, 1.807) is 0 Å². The summed E-state index contributed by atoms with van der Waals surface area (Å²) in [4.78, 5) is 28.6. The molecule has 2 heterocycles. The first-order valence-corrected chi connectivity index (χ1v) is 8.97. The van der Waals surface area contributed by atoms with E-state index >= 15 is 0 Å². The Morgan fingerprint density at radius 2 is 1.96 bits per heavy atom. The molecule has 0 saturated heterocycles. The van der Waals surface area contributed by atoms with Gasteiger partial charge in [-0.3, -0.25) is 9.59 Å². The molecular formula is C18H27N3O3. The molecular weight excluding hydrogens is 306 g/mol. The van der Waals surface area contributed by atoms with Crippen molar-refractivity contribution in [3.63, 3.8) is 0 Å². The third-order valence-electron chi connectivity index (χ3n) is 5.40. The summed E-state index contributed by atoms with van der Waals surface area (Å²) < 4.78 is 7.02. The Balaban J connectivity index is 1.49. The Morgan fingerprint density at radius 1 is 1.25 bits per heavy atom. The zero-order valence-electron chi connectivity index (χ0n) is 14.6. The number of fused-ring (bicyclic) bond motifs is 1. The average Bonchev–Trinajstić information content (AvgIpc) is 2.99. The van der Waals surface area contributed by atoms with Gasteiger partial charge in [-0.15, -0.1) is 0 Å². The van der Waals surface area contributed by atoms with Crippen LogP contribution in [0.4, 0.5) is 0 Å². The lowest BCUT2D eigenvalue weighted by molar-refractivity contribution is -0.147. The fourth-order valence-corrected chi connectivity index (χ4v) is 4.03. The molecule has 1 aliphatic carbocycles. The minimum Gasteiger partial charge on any atom is -0.469 e. The molecule has 0 aromatic carbocycles. The average molecular weight is 333 g/mol. The number of methoxy groups -OCH3 is 1. The standard InChI is InChI=1S/C18H27N3O3/c1-12-11-21-9-3-4-15(16(21)20-12)10-19-17(22)13-5-7-14(8-6-13)18(23)24-2/h11,13-15H,3-10H2,1-2H3,(H,19,22)/t13?,14?,15-/m0/s1. The molecule has 6 nitrogen and oxygen atoms in total. The number of amides is 1. The number of esters is 1. The predicted octanol–water partition coefficient (Wildman–Crippen LogP) is 2.16. The number of hydrogen-bond acceptors (Lipinski definition) is 4. The molecule has 24 heavy (non-hydrogen) atoms. The molecule has 1 N–H and O–H groups in total. The molecule has 1 fully saturated rings. The van der Waals surface area contributed by atoms with Crippen molar-refractivity contribution >= 4 is 11.9 Å². The molecule has 0 unspecified atom stereocenters. The Kier molecular flexibility index (Phi) is 5.21. The monoisotopic (exact) mass is 333 g/mol. The lowest BCUT2D eigenvalue weighted by Crippen LogP contribution is -2.37. The molecule has 1 aromatic rings. The Bertz CT molecular complexity index is 603. The molecule has 0 radical (unpaired) electrons. The molecule has 1 atom stereocenters.